The van der Waals surface area contributed by atoms with E-state index in [9.17, 15) is 8.42 Å². The van der Waals surface area contributed by atoms with Crippen molar-refractivity contribution in [3.63, 3.8) is 0 Å². The summed E-state index contributed by atoms with van der Waals surface area (Å²) >= 11 is 0. The minimum Gasteiger partial charge on any atom is -0.396 e. The first-order valence-corrected chi connectivity index (χ1v) is 6.80. The number of rotatable bonds is 4. The van der Waals surface area contributed by atoms with Crippen LogP contribution in [0.1, 0.15) is 25.7 Å². The molecule has 14 heavy (non-hydrogen) atoms. The standard InChI is InChI=1S/C9H18O4S/c1-14(11,12)13-7-9-5-3-2-4-8(9)6-10/h8-10H,2-7H2,1H3. The van der Waals surface area contributed by atoms with Crippen LogP contribution in [-0.2, 0) is 14.3 Å². The van der Waals surface area contributed by atoms with Crippen LogP contribution < -0.4 is 0 Å². The smallest absolute Gasteiger partial charge is 0.264 e. The Morgan fingerprint density at radius 2 is 1.86 bits per heavy atom. The maximum atomic E-state index is 10.8. The first kappa shape index (κ1) is 11.9. The van der Waals surface area contributed by atoms with Crippen LogP contribution in [0.25, 0.3) is 0 Å². The summed E-state index contributed by atoms with van der Waals surface area (Å²) in [6, 6.07) is 0. The van der Waals surface area contributed by atoms with Crippen molar-refractivity contribution >= 4 is 10.1 Å². The minimum atomic E-state index is -3.34. The molecule has 0 spiro atoms. The summed E-state index contributed by atoms with van der Waals surface area (Å²) in [6.07, 6.45) is 5.23. The highest BCUT2D eigenvalue weighted by molar-refractivity contribution is 7.85. The van der Waals surface area contributed by atoms with Crippen molar-refractivity contribution in [3.8, 4) is 0 Å². The molecule has 5 heteroatoms. The molecule has 2 atom stereocenters. The van der Waals surface area contributed by atoms with Gasteiger partial charge in [0.1, 0.15) is 0 Å². The second kappa shape index (κ2) is 5.09. The molecule has 0 aromatic heterocycles. The third kappa shape index (κ3) is 3.94. The molecule has 0 aromatic rings. The second-order valence-electron chi connectivity index (χ2n) is 3.98. The van der Waals surface area contributed by atoms with E-state index in [0.717, 1.165) is 31.9 Å². The Bertz CT molecular complexity index is 260. The number of hydrogen-bond donors (Lipinski definition) is 1. The predicted molar refractivity (Wildman–Crippen MR) is 53.3 cm³/mol. The highest BCUT2D eigenvalue weighted by Gasteiger charge is 2.25. The van der Waals surface area contributed by atoms with E-state index >= 15 is 0 Å². The second-order valence-corrected chi connectivity index (χ2v) is 5.62. The van der Waals surface area contributed by atoms with E-state index in [4.69, 9.17) is 9.29 Å². The summed E-state index contributed by atoms with van der Waals surface area (Å²) in [4.78, 5) is 0. The fraction of sp³-hybridized carbons (Fsp3) is 1.00. The lowest BCUT2D eigenvalue weighted by Gasteiger charge is -2.29. The zero-order valence-corrected chi connectivity index (χ0v) is 9.29. The lowest BCUT2D eigenvalue weighted by Crippen LogP contribution is -2.27. The Hall–Kier alpha value is -0.130. The lowest BCUT2D eigenvalue weighted by atomic mass is 9.80. The Kier molecular flexibility index (Phi) is 4.34. The van der Waals surface area contributed by atoms with E-state index in [1.165, 1.54) is 0 Å². The summed E-state index contributed by atoms with van der Waals surface area (Å²) in [6.45, 7) is 0.363. The first-order valence-electron chi connectivity index (χ1n) is 4.98. The van der Waals surface area contributed by atoms with Crippen LogP contribution in [0.15, 0.2) is 0 Å². The molecule has 0 saturated heterocycles. The van der Waals surface area contributed by atoms with Crippen LogP contribution in [0.2, 0.25) is 0 Å². The number of aliphatic hydroxyl groups excluding tert-OH is 1. The molecule has 0 aromatic carbocycles. The van der Waals surface area contributed by atoms with Crippen LogP contribution in [0.5, 0.6) is 0 Å². The van der Waals surface area contributed by atoms with Crippen molar-refractivity contribution in [1.29, 1.82) is 0 Å². The van der Waals surface area contributed by atoms with Gasteiger partial charge >= 0.3 is 0 Å². The highest BCUT2D eigenvalue weighted by Crippen LogP contribution is 2.29. The van der Waals surface area contributed by atoms with Gasteiger partial charge in [-0.2, -0.15) is 8.42 Å². The molecule has 1 rings (SSSR count). The third-order valence-electron chi connectivity index (χ3n) is 2.80. The van der Waals surface area contributed by atoms with Gasteiger partial charge in [0.25, 0.3) is 10.1 Å². The van der Waals surface area contributed by atoms with Gasteiger partial charge in [-0.05, 0) is 24.7 Å². The molecule has 0 aliphatic heterocycles. The molecule has 1 aliphatic carbocycles. The van der Waals surface area contributed by atoms with E-state index in [1.807, 2.05) is 0 Å². The molecule has 4 nitrogen and oxygen atoms in total. The Balaban J connectivity index is 2.41. The summed E-state index contributed by atoms with van der Waals surface area (Å²) in [7, 11) is -3.34. The third-order valence-corrected chi connectivity index (χ3v) is 3.36. The van der Waals surface area contributed by atoms with Crippen LogP contribution >= 0.6 is 0 Å². The van der Waals surface area contributed by atoms with E-state index in [-0.39, 0.29) is 25.0 Å². The average Bonchev–Trinajstić information content (AvgIpc) is 2.14. The van der Waals surface area contributed by atoms with Crippen molar-refractivity contribution in [2.45, 2.75) is 25.7 Å². The monoisotopic (exact) mass is 222 g/mol. The van der Waals surface area contributed by atoms with Crippen molar-refractivity contribution in [2.75, 3.05) is 19.5 Å². The minimum absolute atomic E-state index is 0.137. The van der Waals surface area contributed by atoms with E-state index in [2.05, 4.69) is 0 Å². The molecule has 0 radical (unpaired) electrons. The van der Waals surface area contributed by atoms with Gasteiger partial charge in [0, 0.05) is 6.61 Å². The van der Waals surface area contributed by atoms with Crippen LogP contribution in [-0.4, -0.2) is 33.0 Å². The topological polar surface area (TPSA) is 63.6 Å². The van der Waals surface area contributed by atoms with Crippen LogP contribution in [0.3, 0.4) is 0 Å². The fourth-order valence-electron chi connectivity index (χ4n) is 1.96. The molecule has 84 valence electrons. The molecule has 1 N–H and O–H groups in total. The Morgan fingerprint density at radius 3 is 2.36 bits per heavy atom. The van der Waals surface area contributed by atoms with Crippen molar-refractivity contribution in [2.24, 2.45) is 11.8 Å². The molecule has 1 fully saturated rings. The van der Waals surface area contributed by atoms with Gasteiger partial charge < -0.3 is 5.11 Å². The van der Waals surface area contributed by atoms with Crippen molar-refractivity contribution in [1.82, 2.24) is 0 Å². The summed E-state index contributed by atoms with van der Waals surface area (Å²) in [5, 5.41) is 9.09. The van der Waals surface area contributed by atoms with Gasteiger partial charge in [-0.15, -0.1) is 0 Å². The van der Waals surface area contributed by atoms with E-state index < -0.39 is 10.1 Å². The molecule has 1 saturated carbocycles. The zero-order valence-electron chi connectivity index (χ0n) is 8.48. The first-order chi connectivity index (χ1) is 6.53. The molecule has 0 bridgehead atoms. The van der Waals surface area contributed by atoms with Gasteiger partial charge in [0.05, 0.1) is 12.9 Å². The van der Waals surface area contributed by atoms with E-state index in [0.29, 0.717) is 0 Å². The summed E-state index contributed by atoms with van der Waals surface area (Å²) < 4.78 is 26.3. The van der Waals surface area contributed by atoms with E-state index in [1.54, 1.807) is 0 Å². The summed E-state index contributed by atoms with van der Waals surface area (Å²) in [5.41, 5.74) is 0. The predicted octanol–water partition coefficient (Wildman–Crippen LogP) is 0.761. The van der Waals surface area contributed by atoms with Gasteiger partial charge in [-0.1, -0.05) is 12.8 Å². The van der Waals surface area contributed by atoms with Crippen molar-refractivity contribution in [3.05, 3.63) is 0 Å². The molecular formula is C9H18O4S. The SMILES string of the molecule is CS(=O)(=O)OCC1CCCCC1CO. The molecular weight excluding hydrogens is 204 g/mol. The maximum absolute atomic E-state index is 10.8. The average molecular weight is 222 g/mol. The Labute approximate surface area is 85.4 Å². The van der Waals surface area contributed by atoms with Crippen molar-refractivity contribution < 1.29 is 17.7 Å². The number of aliphatic hydroxyl groups is 1. The van der Waals surface area contributed by atoms with Crippen LogP contribution in [0.4, 0.5) is 0 Å². The van der Waals surface area contributed by atoms with Gasteiger partial charge in [0.2, 0.25) is 0 Å². The fourth-order valence-corrected chi connectivity index (χ4v) is 2.38. The maximum Gasteiger partial charge on any atom is 0.264 e. The molecule has 2 unspecified atom stereocenters. The lowest BCUT2D eigenvalue weighted by molar-refractivity contribution is 0.0981. The normalized spacial score (nSPS) is 29.0. The van der Waals surface area contributed by atoms with Gasteiger partial charge in [-0.25, -0.2) is 0 Å². The molecule has 0 heterocycles. The Morgan fingerprint density at radius 1 is 1.29 bits per heavy atom. The zero-order chi connectivity index (χ0) is 10.6. The number of hydrogen-bond acceptors (Lipinski definition) is 4. The molecule has 0 amide bonds. The van der Waals surface area contributed by atoms with Gasteiger partial charge in [0.15, 0.2) is 0 Å². The highest BCUT2D eigenvalue weighted by atomic mass is 32.2. The van der Waals surface area contributed by atoms with Crippen LogP contribution in [0, 0.1) is 11.8 Å². The largest absolute Gasteiger partial charge is 0.396 e. The quantitative estimate of drug-likeness (QED) is 0.713. The summed E-state index contributed by atoms with van der Waals surface area (Å²) in [5.74, 6) is 0.411. The molecule has 1 aliphatic rings. The van der Waals surface area contributed by atoms with Gasteiger partial charge in [-0.3, -0.25) is 4.18 Å².